The third-order valence-electron chi connectivity index (χ3n) is 8.09. The Bertz CT molecular complexity index is 905. The maximum Gasteiger partial charge on any atom is 0.254 e. The number of Topliss-reactive ketones (excluding diaryl/α,β-unsaturated/α-hetero) is 1. The Morgan fingerprint density at radius 1 is 1.08 bits per heavy atom. The van der Waals surface area contributed by atoms with E-state index < -0.39 is 6.10 Å². The molecule has 3 N–H and O–H groups in total. The van der Waals surface area contributed by atoms with E-state index in [9.17, 15) is 14.7 Å². The molecule has 1 aromatic rings. The zero-order valence-electron chi connectivity index (χ0n) is 24.2. The fraction of sp³-hybridized carbons (Fsp3) is 0.733. The molecule has 0 bridgehead atoms. The van der Waals surface area contributed by atoms with Crippen LogP contribution < -0.4 is 20.1 Å². The summed E-state index contributed by atoms with van der Waals surface area (Å²) in [5.41, 5.74) is 0.564. The second-order valence-corrected chi connectivity index (χ2v) is 11.2. The van der Waals surface area contributed by atoms with Gasteiger partial charge in [0, 0.05) is 44.8 Å². The minimum atomic E-state index is -0.859. The van der Waals surface area contributed by atoms with Crippen LogP contribution in [0.4, 0.5) is 0 Å². The van der Waals surface area contributed by atoms with Gasteiger partial charge in [-0.05, 0) is 75.7 Å². The maximum atomic E-state index is 13.6. The van der Waals surface area contributed by atoms with Crippen LogP contribution in [0.1, 0.15) is 62.7 Å². The first-order chi connectivity index (χ1) is 18.8. The van der Waals surface area contributed by atoms with Crippen LogP contribution in [0.2, 0.25) is 0 Å². The van der Waals surface area contributed by atoms with Crippen LogP contribution >= 0.6 is 0 Å². The van der Waals surface area contributed by atoms with Crippen LogP contribution in [0.25, 0.3) is 0 Å². The number of benzene rings is 1. The summed E-state index contributed by atoms with van der Waals surface area (Å²) in [7, 11) is 3.24. The number of ketones is 1. The molecule has 220 valence electrons. The molecule has 9 heteroatoms. The second kappa shape index (κ2) is 16.2. The lowest BCUT2D eigenvalue weighted by Crippen LogP contribution is -2.44. The van der Waals surface area contributed by atoms with Crippen molar-refractivity contribution >= 4 is 11.7 Å². The average molecular weight is 548 g/mol. The van der Waals surface area contributed by atoms with Crippen LogP contribution in [0.5, 0.6) is 11.5 Å². The third kappa shape index (κ3) is 9.17. The molecule has 1 aliphatic carbocycles. The SMILES string of the molecule is COCCCOc1cc(C(=O)N(C[C@@H]2CNC[C@H]2CNCC(=O)[C@@H](O)C2CCCCC2)C(C)C)ccc1OC. The molecule has 9 nitrogen and oxygen atoms in total. The van der Waals surface area contributed by atoms with Crippen molar-refractivity contribution in [2.24, 2.45) is 17.8 Å². The van der Waals surface area contributed by atoms with Crippen molar-refractivity contribution in [3.8, 4) is 11.5 Å². The van der Waals surface area contributed by atoms with Crippen molar-refractivity contribution in [1.82, 2.24) is 15.5 Å². The summed E-state index contributed by atoms with van der Waals surface area (Å²) in [6.07, 6.45) is 5.16. The average Bonchev–Trinajstić information content (AvgIpc) is 3.40. The third-order valence-corrected chi connectivity index (χ3v) is 8.09. The van der Waals surface area contributed by atoms with Gasteiger partial charge < -0.3 is 34.9 Å². The molecular formula is C30H49N3O6. The first-order valence-corrected chi connectivity index (χ1v) is 14.6. The summed E-state index contributed by atoms with van der Waals surface area (Å²) >= 11 is 0. The van der Waals surface area contributed by atoms with Gasteiger partial charge in [-0.25, -0.2) is 0 Å². The highest BCUT2D eigenvalue weighted by atomic mass is 16.5. The predicted octanol–water partition coefficient (Wildman–Crippen LogP) is 2.90. The second-order valence-electron chi connectivity index (χ2n) is 11.2. The molecule has 3 atom stereocenters. The molecule has 2 fully saturated rings. The molecule has 1 saturated carbocycles. The van der Waals surface area contributed by atoms with Crippen molar-refractivity contribution in [1.29, 1.82) is 0 Å². The number of hydrogen-bond donors (Lipinski definition) is 3. The van der Waals surface area contributed by atoms with Crippen LogP contribution in [0, 0.1) is 17.8 Å². The van der Waals surface area contributed by atoms with Gasteiger partial charge in [0.05, 0.1) is 20.3 Å². The van der Waals surface area contributed by atoms with E-state index in [0.29, 0.717) is 43.4 Å². The van der Waals surface area contributed by atoms with E-state index in [1.54, 1.807) is 32.4 Å². The van der Waals surface area contributed by atoms with Gasteiger partial charge in [0.15, 0.2) is 17.3 Å². The van der Waals surface area contributed by atoms with E-state index in [1.807, 2.05) is 18.7 Å². The number of aliphatic hydroxyl groups is 1. The molecular weight excluding hydrogens is 498 g/mol. The normalized spacial score (nSPS) is 20.7. The maximum absolute atomic E-state index is 13.6. The Morgan fingerprint density at radius 2 is 1.82 bits per heavy atom. The number of carbonyl (C=O) groups is 2. The first-order valence-electron chi connectivity index (χ1n) is 14.6. The summed E-state index contributed by atoms with van der Waals surface area (Å²) in [6.45, 7) is 8.26. The van der Waals surface area contributed by atoms with E-state index in [2.05, 4.69) is 10.6 Å². The summed E-state index contributed by atoms with van der Waals surface area (Å²) in [5.74, 6) is 1.64. The Labute approximate surface area is 233 Å². The molecule has 1 aromatic carbocycles. The van der Waals surface area contributed by atoms with E-state index in [0.717, 1.165) is 45.2 Å². The highest BCUT2D eigenvalue weighted by molar-refractivity contribution is 5.95. The molecule has 0 aromatic heterocycles. The van der Waals surface area contributed by atoms with Crippen molar-refractivity contribution in [3.63, 3.8) is 0 Å². The van der Waals surface area contributed by atoms with E-state index in [-0.39, 0.29) is 42.0 Å². The fourth-order valence-electron chi connectivity index (χ4n) is 5.69. The number of aliphatic hydroxyl groups excluding tert-OH is 1. The van der Waals surface area contributed by atoms with Crippen molar-refractivity contribution in [2.75, 3.05) is 60.2 Å². The lowest BCUT2D eigenvalue weighted by atomic mass is 9.84. The molecule has 2 aliphatic rings. The van der Waals surface area contributed by atoms with Crippen LogP contribution in [0.15, 0.2) is 18.2 Å². The molecule has 1 saturated heterocycles. The molecule has 0 spiro atoms. The molecule has 3 rings (SSSR count). The number of nitrogens with zero attached hydrogens (tertiary/aromatic N) is 1. The monoisotopic (exact) mass is 547 g/mol. The predicted molar refractivity (Wildman–Crippen MR) is 151 cm³/mol. The fourth-order valence-corrected chi connectivity index (χ4v) is 5.69. The number of hydrogen-bond acceptors (Lipinski definition) is 8. The minimum Gasteiger partial charge on any atom is -0.493 e. The molecule has 1 aliphatic heterocycles. The quantitative estimate of drug-likeness (QED) is 0.271. The van der Waals surface area contributed by atoms with Gasteiger partial charge in [-0.3, -0.25) is 9.59 Å². The number of rotatable bonds is 16. The Kier molecular flexibility index (Phi) is 13.0. The van der Waals surface area contributed by atoms with E-state index >= 15 is 0 Å². The first kappa shape index (κ1) is 31.3. The number of carbonyl (C=O) groups excluding carboxylic acids is 2. The van der Waals surface area contributed by atoms with Crippen LogP contribution in [-0.2, 0) is 9.53 Å². The summed E-state index contributed by atoms with van der Waals surface area (Å²) < 4.78 is 16.4. The van der Waals surface area contributed by atoms with Gasteiger partial charge in [-0.2, -0.15) is 0 Å². The van der Waals surface area contributed by atoms with Gasteiger partial charge in [0.2, 0.25) is 0 Å². The molecule has 39 heavy (non-hydrogen) atoms. The number of nitrogens with one attached hydrogen (secondary N) is 2. The van der Waals surface area contributed by atoms with Crippen molar-refractivity contribution in [3.05, 3.63) is 23.8 Å². The van der Waals surface area contributed by atoms with Crippen LogP contribution in [-0.4, -0.2) is 94.0 Å². The Balaban J connectivity index is 1.57. The van der Waals surface area contributed by atoms with Gasteiger partial charge in [-0.1, -0.05) is 19.3 Å². The van der Waals surface area contributed by atoms with Gasteiger partial charge in [-0.15, -0.1) is 0 Å². The number of ether oxygens (including phenoxy) is 3. The van der Waals surface area contributed by atoms with E-state index in [1.165, 1.54) is 6.42 Å². The summed E-state index contributed by atoms with van der Waals surface area (Å²) in [5, 5.41) is 17.2. The summed E-state index contributed by atoms with van der Waals surface area (Å²) in [4.78, 5) is 28.1. The van der Waals surface area contributed by atoms with E-state index in [4.69, 9.17) is 14.2 Å². The largest absolute Gasteiger partial charge is 0.493 e. The van der Waals surface area contributed by atoms with Gasteiger partial charge in [0.25, 0.3) is 5.91 Å². The standard InChI is InChI=1S/C30H49N3O6/c1-21(2)33(30(36)23-11-12-27(38-4)28(15-23)39-14-8-13-37-3)20-25-18-31-16-24(25)17-32-19-26(34)29(35)22-9-6-5-7-10-22/h11-12,15,21-22,24-25,29,31-32,35H,5-10,13-14,16-20H2,1-4H3/t24-,25-,29-/m0/s1. The Morgan fingerprint density at radius 3 is 2.51 bits per heavy atom. The van der Waals surface area contributed by atoms with Gasteiger partial charge in [0.1, 0.15) is 6.10 Å². The Hall–Kier alpha value is -2.20. The van der Waals surface area contributed by atoms with Crippen molar-refractivity contribution in [2.45, 2.75) is 64.5 Å². The number of amides is 1. The molecule has 0 unspecified atom stereocenters. The molecule has 1 amide bonds. The molecule has 0 radical (unpaired) electrons. The molecule has 1 heterocycles. The zero-order valence-corrected chi connectivity index (χ0v) is 24.2. The lowest BCUT2D eigenvalue weighted by molar-refractivity contribution is -0.129. The highest BCUT2D eigenvalue weighted by Crippen LogP contribution is 2.30. The topological polar surface area (TPSA) is 109 Å². The van der Waals surface area contributed by atoms with Crippen molar-refractivity contribution < 1.29 is 28.9 Å². The van der Waals surface area contributed by atoms with Crippen LogP contribution in [0.3, 0.4) is 0 Å². The number of methoxy groups -OCH3 is 2. The zero-order chi connectivity index (χ0) is 28.2. The minimum absolute atomic E-state index is 0.0205. The summed E-state index contributed by atoms with van der Waals surface area (Å²) in [6, 6.07) is 5.35. The smallest absolute Gasteiger partial charge is 0.254 e. The van der Waals surface area contributed by atoms with Gasteiger partial charge >= 0.3 is 0 Å². The lowest BCUT2D eigenvalue weighted by Gasteiger charge is -2.32. The highest BCUT2D eigenvalue weighted by Gasteiger charge is 2.32.